The van der Waals surface area contributed by atoms with Gasteiger partial charge in [0.05, 0.1) is 12.6 Å². The van der Waals surface area contributed by atoms with Crippen LogP contribution in [0.3, 0.4) is 0 Å². The Morgan fingerprint density at radius 1 is 1.00 bits per heavy atom. The van der Waals surface area contributed by atoms with Crippen LogP contribution in [0.15, 0.2) is 24.3 Å². The third kappa shape index (κ3) is 9.31. The number of alkyl halides is 1. The smallest absolute Gasteiger partial charge is 0.411 e. The zero-order chi connectivity index (χ0) is 34.9. The van der Waals surface area contributed by atoms with Gasteiger partial charge >= 0.3 is 18.5 Å². The first-order chi connectivity index (χ1) is 23.6. The third-order valence-electron chi connectivity index (χ3n) is 10.4. The van der Waals surface area contributed by atoms with Gasteiger partial charge < -0.3 is 25.0 Å². The molecule has 49 heavy (non-hydrogen) atoms. The number of nitrogens with two attached hydrogens (primary N) is 1. The fourth-order valence-corrected chi connectivity index (χ4v) is 7.78. The first-order valence-corrected chi connectivity index (χ1v) is 17.6. The molecule has 1 aromatic heterocycles. The second-order valence-corrected chi connectivity index (χ2v) is 13.8. The van der Waals surface area contributed by atoms with Crippen molar-refractivity contribution in [1.29, 1.82) is 0 Å². The van der Waals surface area contributed by atoms with E-state index in [-0.39, 0.29) is 36.0 Å². The number of alkyl carbamates (subject to hydrolysis) is 1. The number of carbonyl (C=O) groups is 4. The van der Waals surface area contributed by atoms with E-state index in [0.717, 1.165) is 37.7 Å². The first-order valence-electron chi connectivity index (χ1n) is 17.6. The van der Waals surface area contributed by atoms with Gasteiger partial charge in [-0.3, -0.25) is 24.5 Å². The minimum absolute atomic E-state index is 0.0163. The molecule has 268 valence electrons. The highest BCUT2D eigenvalue weighted by molar-refractivity contribution is 5.98. The summed E-state index contributed by atoms with van der Waals surface area (Å²) in [5.74, 6) is -0.577. The minimum Gasteiger partial charge on any atom is -0.411 e. The highest BCUT2D eigenvalue weighted by atomic mass is 19.1. The Kier molecular flexibility index (Phi) is 12.5. The van der Waals surface area contributed by atoms with Crippen LogP contribution in [0, 0.1) is 29.6 Å². The van der Waals surface area contributed by atoms with Gasteiger partial charge in [0.1, 0.15) is 6.04 Å². The minimum atomic E-state index is -1.58. The van der Waals surface area contributed by atoms with Gasteiger partial charge in [0.2, 0.25) is 11.8 Å². The molecule has 5 rings (SSSR count). The largest absolute Gasteiger partial charge is 0.411 e. The van der Waals surface area contributed by atoms with Gasteiger partial charge in [-0.05, 0) is 91.0 Å². The monoisotopic (exact) mass is 684 g/mol. The molecule has 2 saturated carbocycles. The van der Waals surface area contributed by atoms with E-state index in [4.69, 9.17) is 15.2 Å². The lowest BCUT2D eigenvalue weighted by Crippen LogP contribution is -2.50. The number of hydrogen-bond acceptors (Lipinski definition) is 10. The molecule has 2 aliphatic carbocycles. The molecule has 0 radical (unpaired) electrons. The summed E-state index contributed by atoms with van der Waals surface area (Å²) in [6.45, 7) is 3.14. The van der Waals surface area contributed by atoms with E-state index in [1.165, 1.54) is 6.42 Å². The van der Waals surface area contributed by atoms with Crippen molar-refractivity contribution >= 4 is 29.6 Å². The highest BCUT2D eigenvalue weighted by Gasteiger charge is 2.47. The number of halogens is 1. The van der Waals surface area contributed by atoms with Crippen LogP contribution in [0.4, 0.5) is 14.9 Å². The van der Waals surface area contributed by atoms with Crippen LogP contribution in [0.5, 0.6) is 0 Å². The van der Waals surface area contributed by atoms with Gasteiger partial charge in [-0.15, -0.1) is 5.10 Å². The Balaban J connectivity index is 1.20. The summed E-state index contributed by atoms with van der Waals surface area (Å²) in [6, 6.07) is 6.17. The molecular weight excluding hydrogens is 635 g/mol. The molecule has 0 spiro atoms. The number of anilines is 1. The average molecular weight is 685 g/mol. The van der Waals surface area contributed by atoms with Crippen LogP contribution >= 0.6 is 0 Å². The van der Waals surface area contributed by atoms with Crippen molar-refractivity contribution in [2.75, 3.05) is 18.5 Å². The van der Waals surface area contributed by atoms with Crippen LogP contribution in [0.25, 0.3) is 11.4 Å². The number of aromatic nitrogens is 4. The fraction of sp³-hybridized carbons (Fsp3) is 0.676. The van der Waals surface area contributed by atoms with Crippen molar-refractivity contribution < 1.29 is 33.0 Å². The van der Waals surface area contributed by atoms with E-state index in [2.05, 4.69) is 31.3 Å². The van der Waals surface area contributed by atoms with E-state index < -0.39 is 43.2 Å². The molecule has 1 saturated heterocycles. The fourth-order valence-electron chi connectivity index (χ4n) is 7.78. The van der Waals surface area contributed by atoms with E-state index in [1.54, 1.807) is 26.0 Å². The Morgan fingerprint density at radius 3 is 2.35 bits per heavy atom. The zero-order valence-electron chi connectivity index (χ0n) is 28.3. The number of tetrazole rings is 1. The third-order valence-corrected chi connectivity index (χ3v) is 10.4. The molecule has 15 heteroatoms. The van der Waals surface area contributed by atoms with Crippen LogP contribution in [-0.4, -0.2) is 81.1 Å². The van der Waals surface area contributed by atoms with E-state index in [0.29, 0.717) is 49.7 Å². The summed E-state index contributed by atoms with van der Waals surface area (Å²) in [4.78, 5) is 54.2. The maximum atomic E-state index is 14.1. The SMILES string of the molecule is CC(C)C(=O)O[C@@H](N)OC(=O)N[C@H](CCF)[C@H]1CC[C@H](C(=O)N2CC[C@@H](C3CCCCC3)[C@H]2C(=O)Nc2ccc(-c3nnn[nH]3)cc2)CC1. The molecule has 2 heterocycles. The molecular formula is C34H49FN8O6. The Bertz CT molecular complexity index is 1400. The molecule has 14 nitrogen and oxygen atoms in total. The van der Waals surface area contributed by atoms with Crippen molar-refractivity contribution in [3.63, 3.8) is 0 Å². The summed E-state index contributed by atoms with van der Waals surface area (Å²) in [5, 5.41) is 19.6. The van der Waals surface area contributed by atoms with E-state index in [9.17, 15) is 23.6 Å². The van der Waals surface area contributed by atoms with Gasteiger partial charge in [0, 0.05) is 29.8 Å². The zero-order valence-corrected chi connectivity index (χ0v) is 28.3. The topological polar surface area (TPSA) is 195 Å². The molecule has 0 bridgehead atoms. The second kappa shape index (κ2) is 17.0. The number of likely N-dealkylation sites (tertiary alicyclic amines) is 1. The summed E-state index contributed by atoms with van der Waals surface area (Å²) in [6.07, 6.45) is 6.33. The molecule has 1 aromatic carbocycles. The highest BCUT2D eigenvalue weighted by Crippen LogP contribution is 2.41. The van der Waals surface area contributed by atoms with E-state index in [1.807, 2.05) is 17.0 Å². The number of ether oxygens (including phenoxy) is 2. The number of carbonyl (C=O) groups excluding carboxylic acids is 4. The summed E-state index contributed by atoms with van der Waals surface area (Å²) in [7, 11) is 0. The van der Waals surface area contributed by atoms with Crippen LogP contribution in [0.2, 0.25) is 0 Å². The van der Waals surface area contributed by atoms with Crippen molar-refractivity contribution in [3.05, 3.63) is 24.3 Å². The van der Waals surface area contributed by atoms with Gasteiger partial charge in [-0.1, -0.05) is 46.0 Å². The van der Waals surface area contributed by atoms with Crippen LogP contribution in [0.1, 0.15) is 84.5 Å². The van der Waals surface area contributed by atoms with Gasteiger partial charge in [-0.2, -0.15) is 0 Å². The number of H-pyrrole nitrogens is 1. The van der Waals surface area contributed by atoms with Crippen molar-refractivity contribution in [1.82, 2.24) is 30.8 Å². The number of rotatable bonds is 12. The number of amides is 3. The lowest BCUT2D eigenvalue weighted by molar-refractivity contribution is -0.170. The Hall–Kier alpha value is -4.14. The maximum Gasteiger partial charge on any atom is 0.411 e. The summed E-state index contributed by atoms with van der Waals surface area (Å²) in [5.41, 5.74) is 7.05. The van der Waals surface area contributed by atoms with Crippen molar-refractivity contribution in [2.45, 2.75) is 103 Å². The quantitative estimate of drug-likeness (QED) is 0.185. The van der Waals surface area contributed by atoms with Gasteiger partial charge in [-0.25, -0.2) is 9.89 Å². The van der Waals surface area contributed by atoms with Crippen LogP contribution in [-0.2, 0) is 23.9 Å². The normalized spacial score (nSPS) is 24.2. The van der Waals surface area contributed by atoms with Crippen LogP contribution < -0.4 is 16.4 Å². The lowest BCUT2D eigenvalue weighted by atomic mass is 9.75. The maximum absolute atomic E-state index is 14.1. The Labute approximate surface area is 285 Å². The Morgan fingerprint density at radius 2 is 1.71 bits per heavy atom. The number of benzene rings is 1. The predicted molar refractivity (Wildman–Crippen MR) is 177 cm³/mol. The molecule has 3 amide bonds. The number of esters is 1. The van der Waals surface area contributed by atoms with Crippen molar-refractivity contribution in [3.8, 4) is 11.4 Å². The molecule has 2 aromatic rings. The standard InChI is InChI=1S/C34H49FN8O6/c1-20(2)32(46)48-33(36)49-34(47)38-27(16-18-35)22-8-10-24(11-9-22)31(45)43-19-17-26(21-6-4-3-5-7-21)28(43)30(44)37-25-14-12-23(13-15-25)29-39-41-42-40-29/h12-15,20-22,24,26-28,33H,3-11,16-19,36H2,1-2H3,(H,37,44)(H,38,47)(H,39,40,41,42)/t22-,24-,26-,27+,28-,33+/m0/s1. The molecule has 0 unspecified atom stereocenters. The van der Waals surface area contributed by atoms with Crippen molar-refractivity contribution in [2.24, 2.45) is 35.3 Å². The number of nitrogens with zero attached hydrogens (tertiary/aromatic N) is 4. The number of hydrogen-bond donors (Lipinski definition) is 4. The number of aromatic amines is 1. The lowest BCUT2D eigenvalue weighted by Gasteiger charge is -2.37. The van der Waals surface area contributed by atoms with E-state index >= 15 is 0 Å². The predicted octanol–water partition coefficient (Wildman–Crippen LogP) is 4.30. The molecule has 3 aliphatic rings. The first kappa shape index (κ1) is 36.1. The average Bonchev–Trinajstić information content (AvgIpc) is 3.80. The molecule has 3 fully saturated rings. The summed E-state index contributed by atoms with van der Waals surface area (Å²) >= 11 is 0. The summed E-state index contributed by atoms with van der Waals surface area (Å²) < 4.78 is 23.4. The molecule has 5 N–H and O–H groups in total. The second-order valence-electron chi connectivity index (χ2n) is 13.8. The number of nitrogens with one attached hydrogen (secondary N) is 3. The van der Waals surface area contributed by atoms with Gasteiger partial charge in [0.25, 0.3) is 0 Å². The van der Waals surface area contributed by atoms with Gasteiger partial charge in [0.15, 0.2) is 5.82 Å². The molecule has 1 aliphatic heterocycles. The molecule has 4 atom stereocenters.